The van der Waals surface area contributed by atoms with Crippen molar-refractivity contribution in [3.05, 3.63) is 118 Å². The molecule has 18 nitrogen and oxygen atoms in total. The van der Waals surface area contributed by atoms with Gasteiger partial charge in [-0.3, -0.25) is 24.1 Å². The second-order valence-corrected chi connectivity index (χ2v) is 25.0. The second-order valence-electron chi connectivity index (χ2n) is 24.1. The van der Waals surface area contributed by atoms with E-state index in [4.69, 9.17) is 4.98 Å². The number of hydrogen-bond acceptors (Lipinski definition) is 14. The highest BCUT2D eigenvalue weighted by Crippen LogP contribution is 2.41. The van der Waals surface area contributed by atoms with Gasteiger partial charge < -0.3 is 36.0 Å². The highest BCUT2D eigenvalue weighted by Gasteiger charge is 2.47. The molecule has 10 rings (SSSR count). The molecule has 2 saturated carbocycles. The molecule has 0 unspecified atom stereocenters. The van der Waals surface area contributed by atoms with E-state index in [1.807, 2.05) is 69.6 Å². The van der Waals surface area contributed by atoms with Gasteiger partial charge in [-0.25, -0.2) is 24.3 Å². The lowest BCUT2D eigenvalue weighted by atomic mass is 9.71. The molecule has 0 radical (unpaired) electrons. The van der Waals surface area contributed by atoms with E-state index < -0.39 is 35.0 Å². The molecule has 4 aliphatic rings. The largest absolute Gasteiger partial charge is 0.391 e. The highest BCUT2D eigenvalue weighted by molar-refractivity contribution is 7.13. The van der Waals surface area contributed by atoms with E-state index in [1.165, 1.54) is 41.5 Å². The third-order valence-corrected chi connectivity index (χ3v) is 18.0. The molecule has 19 heteroatoms. The molecule has 6 aromatic rings. The van der Waals surface area contributed by atoms with E-state index in [9.17, 15) is 29.4 Å². The van der Waals surface area contributed by atoms with Crippen LogP contribution in [0.25, 0.3) is 27.3 Å². The van der Waals surface area contributed by atoms with Crippen LogP contribution in [0.2, 0.25) is 0 Å². The number of pyridine rings is 1. The molecule has 2 aromatic carbocycles. The van der Waals surface area contributed by atoms with Gasteiger partial charge in [-0.2, -0.15) is 4.98 Å². The van der Waals surface area contributed by atoms with Gasteiger partial charge in [0.25, 0.3) is 5.56 Å². The first-order valence-corrected chi connectivity index (χ1v) is 29.4. The van der Waals surface area contributed by atoms with Crippen LogP contribution in [0.3, 0.4) is 0 Å². The fourth-order valence-electron chi connectivity index (χ4n) is 12.7. The molecule has 2 aliphatic carbocycles. The van der Waals surface area contributed by atoms with Crippen molar-refractivity contribution in [1.82, 2.24) is 49.7 Å². The number of nitrogens with one attached hydrogen (secondary N) is 3. The molecular formula is C61H78N12O6S. The van der Waals surface area contributed by atoms with E-state index in [1.54, 1.807) is 54.1 Å². The van der Waals surface area contributed by atoms with Gasteiger partial charge in [-0.15, -0.1) is 17.9 Å². The lowest BCUT2D eigenvalue weighted by molar-refractivity contribution is -0.150. The number of nitrogens with zero attached hydrogens (tertiary/aromatic N) is 9. The molecule has 2 aliphatic heterocycles. The Balaban J connectivity index is 0.669. The quantitative estimate of drug-likeness (QED) is 0.0462. The molecule has 5 N–H and O–H groups in total. The molecule has 6 heterocycles. The maximum atomic E-state index is 14.4. The summed E-state index contributed by atoms with van der Waals surface area (Å²) in [4.78, 5) is 81.7. The zero-order valence-corrected chi connectivity index (χ0v) is 47.9. The average Bonchev–Trinajstić information content (AvgIpc) is 4.21. The molecule has 3 atom stereocenters. The summed E-state index contributed by atoms with van der Waals surface area (Å²) in [6, 6.07) is 21.3. The number of piperazine rings is 1. The van der Waals surface area contributed by atoms with Crippen LogP contribution in [0, 0.1) is 30.1 Å². The number of aromatic nitrogens is 6. The Hall–Kier alpha value is -6.80. The van der Waals surface area contributed by atoms with Crippen LogP contribution in [-0.4, -0.2) is 124 Å². The Morgan fingerprint density at radius 1 is 0.863 bits per heavy atom. The van der Waals surface area contributed by atoms with Gasteiger partial charge >= 0.3 is 0 Å². The molecule has 2 saturated heterocycles. The maximum absolute atomic E-state index is 14.4. The van der Waals surface area contributed by atoms with Gasteiger partial charge in [-0.1, -0.05) is 57.2 Å². The monoisotopic (exact) mass is 1110 g/mol. The number of carbonyl (C=O) groups excluding carboxylic acids is 3. The lowest BCUT2D eigenvalue weighted by Gasteiger charge is -2.44. The minimum absolute atomic E-state index is 0.00661. The van der Waals surface area contributed by atoms with Crippen molar-refractivity contribution < 1.29 is 24.6 Å². The number of amides is 3. The predicted molar refractivity (Wildman–Crippen MR) is 313 cm³/mol. The summed E-state index contributed by atoms with van der Waals surface area (Å²) in [6.07, 6.45) is 11.2. The van der Waals surface area contributed by atoms with Crippen LogP contribution in [0.4, 0.5) is 17.3 Å². The number of aryl methyl sites for hydroxylation is 1. The summed E-state index contributed by atoms with van der Waals surface area (Å²) in [6.45, 7) is 19.3. The number of aliphatic hydroxyl groups excluding tert-OH is 1. The standard InChI is InChI=1S/C61H78N12O6S/c1-8-28-72-57(77)48-35-63-59(68-54(48)73(72)51-11-9-10-50(67-51)61(6,7)79)66-44-22-26-46(27-23-44)70-31-29-69(30-32-70)45-24-18-41(19-25-45)40-16-20-43(21-17-40)65-56(76)52(60(3,4)5)58(78)71-36-47(74)33-49(71)55(75)62-34-39-12-14-42(15-13-39)53-38(2)64-37-80-53/h8-15,22-23,26-27,35,37,40-41,43,45,47,49,52,74,79H,1,16-21,24-25,28-34,36H2,2-7H3,(H,62,75)(H,65,76)(H,63,66,68)/t40?,41?,43?,45?,47-,49+,52+/m1/s1. The van der Waals surface area contributed by atoms with Gasteiger partial charge in [0, 0.05) is 75.3 Å². The summed E-state index contributed by atoms with van der Waals surface area (Å²) in [5, 5.41) is 31.4. The SMILES string of the molecule is C=CCn1c(=O)c2cnc(Nc3ccc(N4CCN(C5CCC(C6CCC(NC(=O)[C@@H](C(=O)N7C[C@H](O)C[C@H]7C(=O)NCc7ccc(-c8scnc8C)cc7)C(C)(C)C)CC6)CC5)CC4)cc3)nc2n1-c1cccc(C(C)(C)O)n1. The van der Waals surface area contributed by atoms with E-state index in [2.05, 4.69) is 59.4 Å². The second kappa shape index (κ2) is 23.7. The summed E-state index contributed by atoms with van der Waals surface area (Å²) in [5.41, 5.74) is 5.47. The number of rotatable bonds is 16. The first-order valence-electron chi connectivity index (χ1n) is 28.5. The van der Waals surface area contributed by atoms with Crippen LogP contribution in [0.5, 0.6) is 0 Å². The number of thiazole rings is 1. The molecule has 424 valence electrons. The summed E-state index contributed by atoms with van der Waals surface area (Å²) >= 11 is 1.59. The average molecular weight is 1110 g/mol. The van der Waals surface area contributed by atoms with Crippen molar-refractivity contribution in [1.29, 1.82) is 0 Å². The van der Waals surface area contributed by atoms with Crippen LogP contribution in [0.1, 0.15) is 109 Å². The minimum atomic E-state index is -1.18. The van der Waals surface area contributed by atoms with Crippen molar-refractivity contribution in [2.75, 3.05) is 42.9 Å². The van der Waals surface area contributed by atoms with Crippen molar-refractivity contribution in [2.45, 2.75) is 142 Å². The van der Waals surface area contributed by atoms with Gasteiger partial charge in [0.15, 0.2) is 11.5 Å². The molecule has 4 fully saturated rings. The van der Waals surface area contributed by atoms with E-state index in [0.29, 0.717) is 46.4 Å². The Kier molecular flexibility index (Phi) is 16.7. The number of benzene rings is 2. The number of aliphatic hydroxyl groups is 2. The van der Waals surface area contributed by atoms with Gasteiger partial charge in [0.1, 0.15) is 22.9 Å². The number of β-amino-alcohol motifs (C(OH)–C–C–N with tert-alkyl or cyclic N) is 1. The van der Waals surface area contributed by atoms with Crippen molar-refractivity contribution in [3.63, 3.8) is 0 Å². The summed E-state index contributed by atoms with van der Waals surface area (Å²) < 4.78 is 3.17. The number of likely N-dealkylation sites (tertiary alicyclic amines) is 1. The zero-order valence-electron chi connectivity index (χ0n) is 47.1. The minimum Gasteiger partial charge on any atom is -0.391 e. The van der Waals surface area contributed by atoms with Crippen LogP contribution >= 0.6 is 11.3 Å². The van der Waals surface area contributed by atoms with Gasteiger partial charge in [-0.05, 0) is 137 Å². The highest BCUT2D eigenvalue weighted by atomic mass is 32.1. The van der Waals surface area contributed by atoms with Crippen molar-refractivity contribution >= 4 is 57.4 Å². The number of carbonyl (C=O) groups is 3. The third-order valence-electron chi connectivity index (χ3n) is 17.1. The predicted octanol–water partition coefficient (Wildman–Crippen LogP) is 7.86. The summed E-state index contributed by atoms with van der Waals surface area (Å²) in [5.74, 6) is 0.0468. The normalized spacial score (nSPS) is 22.5. The molecule has 80 heavy (non-hydrogen) atoms. The molecule has 4 aromatic heterocycles. The third kappa shape index (κ3) is 12.4. The Bertz CT molecular complexity index is 3230. The fourth-order valence-corrected chi connectivity index (χ4v) is 13.5. The smallest absolute Gasteiger partial charge is 0.278 e. The first kappa shape index (κ1) is 56.5. The number of allylic oxidation sites excluding steroid dienone is 1. The molecular weight excluding hydrogens is 1030 g/mol. The van der Waals surface area contributed by atoms with Crippen LogP contribution in [-0.2, 0) is 33.1 Å². The maximum Gasteiger partial charge on any atom is 0.278 e. The van der Waals surface area contributed by atoms with Crippen molar-refractivity contribution in [2.24, 2.45) is 23.2 Å². The number of fused-ring (bicyclic) bond motifs is 1. The molecule has 3 amide bonds. The van der Waals surface area contributed by atoms with E-state index in [0.717, 1.165) is 84.9 Å². The first-order chi connectivity index (χ1) is 38.3. The summed E-state index contributed by atoms with van der Waals surface area (Å²) in [7, 11) is 0. The molecule has 0 bridgehead atoms. The van der Waals surface area contributed by atoms with Crippen molar-refractivity contribution in [3.8, 4) is 16.3 Å². The van der Waals surface area contributed by atoms with Gasteiger partial charge in [0.2, 0.25) is 23.7 Å². The zero-order chi connectivity index (χ0) is 56.5. The van der Waals surface area contributed by atoms with E-state index >= 15 is 0 Å². The Morgan fingerprint density at radius 3 is 2.19 bits per heavy atom. The number of anilines is 3. The van der Waals surface area contributed by atoms with Gasteiger partial charge in [0.05, 0.1) is 34.4 Å². The Labute approximate surface area is 472 Å². The topological polar surface area (TPSA) is 216 Å². The molecule has 0 spiro atoms. The Morgan fingerprint density at radius 2 is 1.55 bits per heavy atom. The number of hydrogen-bond donors (Lipinski definition) is 5. The van der Waals surface area contributed by atoms with Crippen LogP contribution in [0.15, 0.2) is 95.9 Å². The van der Waals surface area contributed by atoms with E-state index in [-0.39, 0.29) is 49.5 Å². The lowest BCUT2D eigenvalue weighted by Crippen LogP contribution is -2.55. The fraction of sp³-hybridized carbons (Fsp3) is 0.508. The van der Waals surface area contributed by atoms with Crippen LogP contribution < -0.4 is 26.4 Å².